The maximum Gasteiger partial charge on any atom is 0.227 e. The first-order chi connectivity index (χ1) is 16.5. The van der Waals surface area contributed by atoms with Crippen molar-refractivity contribution in [1.82, 2.24) is 20.4 Å². The highest BCUT2D eigenvalue weighted by Crippen LogP contribution is 2.29. The zero-order valence-electron chi connectivity index (χ0n) is 19.3. The van der Waals surface area contributed by atoms with Crippen LogP contribution in [0.4, 0.5) is 5.69 Å². The molecule has 34 heavy (non-hydrogen) atoms. The van der Waals surface area contributed by atoms with E-state index in [4.69, 9.17) is 4.52 Å². The van der Waals surface area contributed by atoms with Gasteiger partial charge in [-0.15, -0.1) is 0 Å². The fourth-order valence-corrected chi connectivity index (χ4v) is 4.76. The van der Waals surface area contributed by atoms with Gasteiger partial charge in [0.25, 0.3) is 0 Å². The molecule has 5 rings (SSSR count). The lowest BCUT2D eigenvalue weighted by molar-refractivity contribution is -0.127. The second kappa shape index (κ2) is 9.77. The van der Waals surface area contributed by atoms with Gasteiger partial charge < -0.3 is 14.7 Å². The first-order valence-electron chi connectivity index (χ1n) is 11.8. The Morgan fingerprint density at radius 3 is 2.65 bits per heavy atom. The van der Waals surface area contributed by atoms with E-state index in [9.17, 15) is 9.59 Å². The lowest BCUT2D eigenvalue weighted by Crippen LogP contribution is -2.46. The number of nitrogens with zero attached hydrogens (tertiary/aromatic N) is 4. The highest BCUT2D eigenvalue weighted by Gasteiger charge is 2.36. The number of hydrogen-bond acceptors (Lipinski definition) is 6. The van der Waals surface area contributed by atoms with Gasteiger partial charge >= 0.3 is 0 Å². The molecule has 0 unspecified atom stereocenters. The van der Waals surface area contributed by atoms with Gasteiger partial charge in [0.2, 0.25) is 23.5 Å². The molecule has 3 heterocycles. The van der Waals surface area contributed by atoms with Gasteiger partial charge in [-0.2, -0.15) is 4.98 Å². The van der Waals surface area contributed by atoms with Gasteiger partial charge in [-0.1, -0.05) is 47.6 Å². The third-order valence-electron chi connectivity index (χ3n) is 6.62. The number of aryl methyl sites for hydroxylation is 1. The Labute approximate surface area is 198 Å². The van der Waals surface area contributed by atoms with E-state index in [1.807, 2.05) is 30.3 Å². The van der Waals surface area contributed by atoms with E-state index in [0.717, 1.165) is 43.7 Å². The normalized spacial score (nSPS) is 19.5. The Kier molecular flexibility index (Phi) is 6.40. The summed E-state index contributed by atoms with van der Waals surface area (Å²) in [5.41, 5.74) is 2.83. The van der Waals surface area contributed by atoms with Crippen molar-refractivity contribution in [1.29, 1.82) is 0 Å². The largest absolute Gasteiger partial charge is 0.353 e. The fraction of sp³-hybridized carbons (Fsp3) is 0.385. The smallest absolute Gasteiger partial charge is 0.227 e. The Balaban J connectivity index is 1.15. The SMILES string of the molecule is Cc1nc(-c2cccc(N3C[C@@H](C(=O)NC4CCN(Cc5ccccc5)CC4)CC3=O)c2)no1. The number of carbonyl (C=O) groups excluding carboxylic acids is 2. The molecule has 0 saturated carbocycles. The van der Waals surface area contributed by atoms with Crippen LogP contribution in [0.15, 0.2) is 59.1 Å². The molecule has 0 spiro atoms. The van der Waals surface area contributed by atoms with Crippen molar-refractivity contribution in [3.05, 3.63) is 66.1 Å². The number of hydrogen-bond donors (Lipinski definition) is 1. The van der Waals surface area contributed by atoms with Crippen LogP contribution >= 0.6 is 0 Å². The minimum Gasteiger partial charge on any atom is -0.353 e. The first kappa shape index (κ1) is 22.3. The molecule has 2 fully saturated rings. The Hall–Kier alpha value is -3.52. The number of carbonyl (C=O) groups is 2. The highest BCUT2D eigenvalue weighted by atomic mass is 16.5. The molecule has 0 bridgehead atoms. The second-order valence-corrected chi connectivity index (χ2v) is 9.14. The van der Waals surface area contributed by atoms with E-state index in [1.54, 1.807) is 11.8 Å². The number of piperidine rings is 1. The Bertz CT molecular complexity index is 1150. The molecule has 0 radical (unpaired) electrons. The summed E-state index contributed by atoms with van der Waals surface area (Å²) in [5.74, 6) is 0.562. The lowest BCUT2D eigenvalue weighted by atomic mass is 10.0. The summed E-state index contributed by atoms with van der Waals surface area (Å²) in [6.45, 7) is 4.97. The van der Waals surface area contributed by atoms with Crippen molar-refractivity contribution in [2.24, 2.45) is 5.92 Å². The average molecular weight is 460 g/mol. The van der Waals surface area contributed by atoms with Crippen molar-refractivity contribution in [3.63, 3.8) is 0 Å². The molecular formula is C26H29N5O3. The lowest BCUT2D eigenvalue weighted by Gasteiger charge is -2.32. The molecule has 176 valence electrons. The molecule has 1 atom stereocenters. The summed E-state index contributed by atoms with van der Waals surface area (Å²) in [6, 6.07) is 18.1. The number of benzene rings is 2. The number of amides is 2. The van der Waals surface area contributed by atoms with Crippen LogP contribution in [0, 0.1) is 12.8 Å². The van der Waals surface area contributed by atoms with Crippen LogP contribution < -0.4 is 10.2 Å². The minimum absolute atomic E-state index is 0.0256. The van der Waals surface area contributed by atoms with Gasteiger partial charge in [0.15, 0.2) is 0 Å². The van der Waals surface area contributed by atoms with Crippen LogP contribution in [0.2, 0.25) is 0 Å². The van der Waals surface area contributed by atoms with Crippen molar-refractivity contribution in [2.75, 3.05) is 24.5 Å². The third-order valence-corrected chi connectivity index (χ3v) is 6.62. The zero-order valence-corrected chi connectivity index (χ0v) is 19.3. The maximum atomic E-state index is 13.0. The number of nitrogens with one attached hydrogen (secondary N) is 1. The van der Waals surface area contributed by atoms with E-state index >= 15 is 0 Å². The quantitative estimate of drug-likeness (QED) is 0.609. The first-order valence-corrected chi connectivity index (χ1v) is 11.8. The predicted octanol–water partition coefficient (Wildman–Crippen LogP) is 3.18. The summed E-state index contributed by atoms with van der Waals surface area (Å²) in [5, 5.41) is 7.15. The third kappa shape index (κ3) is 5.02. The minimum atomic E-state index is -0.342. The summed E-state index contributed by atoms with van der Waals surface area (Å²) >= 11 is 0. The van der Waals surface area contributed by atoms with Gasteiger partial charge in [0.05, 0.1) is 5.92 Å². The molecule has 8 heteroatoms. The van der Waals surface area contributed by atoms with E-state index in [0.29, 0.717) is 18.3 Å². The van der Waals surface area contributed by atoms with E-state index in [-0.39, 0.29) is 30.2 Å². The molecule has 2 aliphatic rings. The molecule has 2 amide bonds. The second-order valence-electron chi connectivity index (χ2n) is 9.14. The highest BCUT2D eigenvalue weighted by molar-refractivity contribution is 6.00. The van der Waals surface area contributed by atoms with Crippen LogP contribution in [0.5, 0.6) is 0 Å². The summed E-state index contributed by atoms with van der Waals surface area (Å²) < 4.78 is 5.06. The van der Waals surface area contributed by atoms with Gasteiger partial charge in [-0.3, -0.25) is 14.5 Å². The predicted molar refractivity (Wildman–Crippen MR) is 128 cm³/mol. The molecule has 1 aromatic heterocycles. The molecule has 2 aliphatic heterocycles. The van der Waals surface area contributed by atoms with Crippen LogP contribution in [0.1, 0.15) is 30.7 Å². The van der Waals surface area contributed by atoms with Gasteiger partial charge in [0.1, 0.15) is 0 Å². The molecule has 8 nitrogen and oxygen atoms in total. The van der Waals surface area contributed by atoms with Gasteiger partial charge in [-0.05, 0) is 30.5 Å². The van der Waals surface area contributed by atoms with E-state index < -0.39 is 0 Å². The zero-order chi connectivity index (χ0) is 23.5. The van der Waals surface area contributed by atoms with Crippen LogP contribution in [0.3, 0.4) is 0 Å². The number of anilines is 1. The van der Waals surface area contributed by atoms with Crippen molar-refractivity contribution < 1.29 is 14.1 Å². The molecule has 3 aromatic rings. The van der Waals surface area contributed by atoms with Crippen LogP contribution in [-0.4, -0.2) is 52.5 Å². The number of rotatable bonds is 6. The van der Waals surface area contributed by atoms with E-state index in [2.05, 4.69) is 44.6 Å². The van der Waals surface area contributed by atoms with Crippen LogP contribution in [-0.2, 0) is 16.1 Å². The van der Waals surface area contributed by atoms with Crippen molar-refractivity contribution in [3.8, 4) is 11.4 Å². The topological polar surface area (TPSA) is 91.6 Å². The van der Waals surface area contributed by atoms with Gasteiger partial charge in [0, 0.05) is 56.8 Å². The summed E-state index contributed by atoms with van der Waals surface area (Å²) in [4.78, 5) is 34.1. The monoisotopic (exact) mass is 459 g/mol. The number of aromatic nitrogens is 2. The standard InChI is InChI=1S/C26H29N5O3/c1-18-27-25(29-34-18)20-8-5-9-23(14-20)31-17-21(15-24(31)32)26(33)28-22-10-12-30(13-11-22)16-19-6-3-2-4-7-19/h2-9,14,21-22H,10-13,15-17H2,1H3,(H,28,33)/t21-/m0/s1. The average Bonchev–Trinajstić information content (AvgIpc) is 3.47. The summed E-state index contributed by atoms with van der Waals surface area (Å²) in [7, 11) is 0. The number of likely N-dealkylation sites (tertiary alicyclic amines) is 1. The molecule has 2 saturated heterocycles. The van der Waals surface area contributed by atoms with Crippen molar-refractivity contribution in [2.45, 2.75) is 38.8 Å². The molecule has 2 aromatic carbocycles. The molecule has 0 aliphatic carbocycles. The molecular weight excluding hydrogens is 430 g/mol. The fourth-order valence-electron chi connectivity index (χ4n) is 4.76. The molecule has 1 N–H and O–H groups in total. The maximum absolute atomic E-state index is 13.0. The van der Waals surface area contributed by atoms with Gasteiger partial charge in [-0.25, -0.2) is 0 Å². The Morgan fingerprint density at radius 2 is 1.91 bits per heavy atom. The van der Waals surface area contributed by atoms with Crippen LogP contribution in [0.25, 0.3) is 11.4 Å². The van der Waals surface area contributed by atoms with E-state index in [1.165, 1.54) is 5.56 Å². The Morgan fingerprint density at radius 1 is 1.12 bits per heavy atom. The summed E-state index contributed by atoms with van der Waals surface area (Å²) in [6.07, 6.45) is 2.08. The van der Waals surface area contributed by atoms with Crippen molar-refractivity contribution >= 4 is 17.5 Å².